The van der Waals surface area contributed by atoms with Crippen molar-refractivity contribution in [3.63, 3.8) is 0 Å². The van der Waals surface area contributed by atoms with E-state index in [0.29, 0.717) is 30.4 Å². The van der Waals surface area contributed by atoms with Gasteiger partial charge in [0.1, 0.15) is 6.61 Å². The summed E-state index contributed by atoms with van der Waals surface area (Å²) in [5.41, 5.74) is 0.668. The third-order valence-electron chi connectivity index (χ3n) is 3.52. The van der Waals surface area contributed by atoms with Crippen molar-refractivity contribution in [1.29, 1.82) is 0 Å². The number of rotatable bonds is 7. The molecule has 2 rings (SSSR count). The lowest BCUT2D eigenvalue weighted by Gasteiger charge is -2.22. The molecule has 0 saturated carbocycles. The molecule has 1 fully saturated rings. The lowest BCUT2D eigenvalue weighted by Crippen LogP contribution is -2.39. The summed E-state index contributed by atoms with van der Waals surface area (Å²) < 4.78 is 15.8. The number of nitrogens with one attached hydrogen (secondary N) is 2. The molecule has 1 aromatic rings. The maximum Gasteiger partial charge on any atom is 0.319 e. The Kier molecular flexibility index (Phi) is 7.35. The topological polar surface area (TPSA) is 68.8 Å². The van der Waals surface area contributed by atoms with Crippen LogP contribution >= 0.6 is 11.8 Å². The van der Waals surface area contributed by atoms with E-state index < -0.39 is 0 Å². The van der Waals surface area contributed by atoms with Crippen molar-refractivity contribution in [2.75, 3.05) is 44.3 Å². The van der Waals surface area contributed by atoms with E-state index in [1.165, 1.54) is 0 Å². The zero-order valence-corrected chi connectivity index (χ0v) is 14.4. The second-order valence-corrected chi connectivity index (χ2v) is 6.42. The van der Waals surface area contributed by atoms with Crippen LogP contribution in [0.4, 0.5) is 10.5 Å². The van der Waals surface area contributed by atoms with Gasteiger partial charge in [0.15, 0.2) is 11.5 Å². The molecule has 7 heteroatoms. The van der Waals surface area contributed by atoms with Crippen LogP contribution in [0, 0.1) is 0 Å². The number of carbonyl (C=O) groups excluding carboxylic acids is 1. The van der Waals surface area contributed by atoms with Crippen LogP contribution in [0.1, 0.15) is 12.8 Å². The fraction of sp³-hybridized carbons (Fsp3) is 0.562. The number of urea groups is 1. The average Bonchev–Trinajstić information content (AvgIpc) is 2.56. The molecule has 0 atom stereocenters. The van der Waals surface area contributed by atoms with Gasteiger partial charge in [-0.1, -0.05) is 0 Å². The van der Waals surface area contributed by atoms with E-state index in [1.807, 2.05) is 11.8 Å². The van der Waals surface area contributed by atoms with Crippen LogP contribution in [-0.4, -0.2) is 51.0 Å². The molecule has 1 heterocycles. The number of amides is 2. The normalized spacial score (nSPS) is 15.0. The highest BCUT2D eigenvalue weighted by Gasteiger charge is 2.16. The Hall–Kier alpha value is -1.60. The molecule has 23 heavy (non-hydrogen) atoms. The number of hydrogen-bond donors (Lipinski definition) is 2. The number of ether oxygens (including phenoxy) is 3. The zero-order chi connectivity index (χ0) is 16.5. The lowest BCUT2D eigenvalue weighted by molar-refractivity contribution is 0.144. The van der Waals surface area contributed by atoms with Crippen LogP contribution in [0.5, 0.6) is 11.5 Å². The van der Waals surface area contributed by atoms with Gasteiger partial charge in [-0.15, -0.1) is 0 Å². The summed E-state index contributed by atoms with van der Waals surface area (Å²) in [5, 5.41) is 5.86. The first-order valence-corrected chi connectivity index (χ1v) is 8.83. The number of thioether (sulfide) groups is 1. The van der Waals surface area contributed by atoms with Crippen molar-refractivity contribution in [2.24, 2.45) is 0 Å². The highest BCUT2D eigenvalue weighted by atomic mass is 32.2. The number of carbonyl (C=O) groups is 1. The molecular formula is C16H24N2O4S. The molecule has 6 nitrogen and oxygen atoms in total. The molecule has 2 N–H and O–H groups in total. The zero-order valence-electron chi connectivity index (χ0n) is 13.6. The van der Waals surface area contributed by atoms with Crippen molar-refractivity contribution in [3.05, 3.63) is 18.2 Å². The van der Waals surface area contributed by atoms with Crippen molar-refractivity contribution >= 4 is 23.5 Å². The molecule has 0 unspecified atom stereocenters. The molecule has 2 amide bonds. The van der Waals surface area contributed by atoms with Crippen molar-refractivity contribution in [3.8, 4) is 11.5 Å². The minimum atomic E-state index is -0.185. The molecule has 1 aliphatic heterocycles. The Morgan fingerprint density at radius 1 is 1.22 bits per heavy atom. The second-order valence-electron chi connectivity index (χ2n) is 5.19. The first-order valence-electron chi connectivity index (χ1n) is 7.68. The number of hydrogen-bond acceptors (Lipinski definition) is 5. The fourth-order valence-electron chi connectivity index (χ4n) is 2.30. The van der Waals surface area contributed by atoms with Crippen LogP contribution in [-0.2, 0) is 4.74 Å². The molecule has 1 saturated heterocycles. The SMILES string of the molecule is COCCOc1cc(NC(=O)NC2CCSCC2)ccc1OC. The minimum Gasteiger partial charge on any atom is -0.493 e. The number of benzene rings is 1. The summed E-state index contributed by atoms with van der Waals surface area (Å²) in [6, 6.07) is 5.39. The van der Waals surface area contributed by atoms with Crippen molar-refractivity contribution < 1.29 is 19.0 Å². The Bertz CT molecular complexity index is 507. The second kappa shape index (κ2) is 9.52. The van der Waals surface area contributed by atoms with Crippen LogP contribution in [0.15, 0.2) is 18.2 Å². The molecule has 0 spiro atoms. The Labute approximate surface area is 141 Å². The molecule has 0 aliphatic carbocycles. The van der Waals surface area contributed by atoms with Gasteiger partial charge in [-0.2, -0.15) is 11.8 Å². The van der Waals surface area contributed by atoms with Gasteiger partial charge in [-0.25, -0.2) is 4.79 Å². The van der Waals surface area contributed by atoms with Crippen molar-refractivity contribution in [2.45, 2.75) is 18.9 Å². The third kappa shape index (κ3) is 5.84. The average molecular weight is 340 g/mol. The first kappa shape index (κ1) is 17.7. The van der Waals surface area contributed by atoms with Gasteiger partial charge in [0.05, 0.1) is 13.7 Å². The lowest BCUT2D eigenvalue weighted by atomic mass is 10.2. The minimum absolute atomic E-state index is 0.185. The van der Waals surface area contributed by atoms with E-state index in [-0.39, 0.29) is 12.1 Å². The molecule has 0 aromatic heterocycles. The maximum atomic E-state index is 12.1. The van der Waals surface area contributed by atoms with Gasteiger partial charge in [-0.05, 0) is 36.5 Å². The monoisotopic (exact) mass is 340 g/mol. The molecular weight excluding hydrogens is 316 g/mol. The summed E-state index contributed by atoms with van der Waals surface area (Å²) in [6.45, 7) is 0.906. The van der Waals surface area contributed by atoms with Crippen LogP contribution in [0.25, 0.3) is 0 Å². The summed E-state index contributed by atoms with van der Waals surface area (Å²) >= 11 is 1.93. The summed E-state index contributed by atoms with van der Waals surface area (Å²) in [6.07, 6.45) is 2.04. The maximum absolute atomic E-state index is 12.1. The van der Waals surface area contributed by atoms with E-state index in [4.69, 9.17) is 14.2 Å². The summed E-state index contributed by atoms with van der Waals surface area (Å²) in [4.78, 5) is 12.1. The highest BCUT2D eigenvalue weighted by Crippen LogP contribution is 2.30. The Morgan fingerprint density at radius 2 is 2.00 bits per heavy atom. The highest BCUT2D eigenvalue weighted by molar-refractivity contribution is 7.99. The first-order chi connectivity index (χ1) is 11.2. The molecule has 128 valence electrons. The third-order valence-corrected chi connectivity index (χ3v) is 4.57. The Balaban J connectivity index is 1.92. The van der Waals surface area contributed by atoms with E-state index in [0.717, 1.165) is 24.3 Å². The van der Waals surface area contributed by atoms with Gasteiger partial charge >= 0.3 is 6.03 Å². The van der Waals surface area contributed by atoms with E-state index in [9.17, 15) is 4.79 Å². The van der Waals surface area contributed by atoms with Crippen LogP contribution in [0.2, 0.25) is 0 Å². The molecule has 0 bridgehead atoms. The molecule has 1 aromatic carbocycles. The number of anilines is 1. The summed E-state index contributed by atoms with van der Waals surface area (Å²) in [7, 11) is 3.20. The van der Waals surface area contributed by atoms with E-state index in [2.05, 4.69) is 10.6 Å². The van der Waals surface area contributed by atoms with E-state index >= 15 is 0 Å². The number of methoxy groups -OCH3 is 2. The predicted molar refractivity (Wildman–Crippen MR) is 92.9 cm³/mol. The largest absolute Gasteiger partial charge is 0.493 e. The van der Waals surface area contributed by atoms with Gasteiger partial charge < -0.3 is 24.8 Å². The Morgan fingerprint density at radius 3 is 2.70 bits per heavy atom. The predicted octanol–water partition coefficient (Wildman–Crippen LogP) is 2.74. The molecule has 0 radical (unpaired) electrons. The fourth-order valence-corrected chi connectivity index (χ4v) is 3.40. The van der Waals surface area contributed by atoms with E-state index in [1.54, 1.807) is 32.4 Å². The van der Waals surface area contributed by atoms with Gasteiger partial charge in [0, 0.05) is 24.9 Å². The van der Waals surface area contributed by atoms with Crippen molar-refractivity contribution in [1.82, 2.24) is 5.32 Å². The smallest absolute Gasteiger partial charge is 0.319 e. The van der Waals surface area contributed by atoms with Crippen LogP contribution in [0.3, 0.4) is 0 Å². The molecule has 1 aliphatic rings. The summed E-state index contributed by atoms with van der Waals surface area (Å²) in [5.74, 6) is 3.41. The van der Waals surface area contributed by atoms with Gasteiger partial charge in [-0.3, -0.25) is 0 Å². The van der Waals surface area contributed by atoms with Gasteiger partial charge in [0.2, 0.25) is 0 Å². The standard InChI is InChI=1S/C16H24N2O4S/c1-20-7-8-22-15-11-13(3-4-14(15)21-2)18-16(19)17-12-5-9-23-10-6-12/h3-4,11-12H,5-10H2,1-2H3,(H2,17,18,19). The van der Waals surface area contributed by atoms with Crippen LogP contribution < -0.4 is 20.1 Å². The quantitative estimate of drug-likeness (QED) is 0.747. The van der Waals surface area contributed by atoms with Gasteiger partial charge in [0.25, 0.3) is 0 Å².